The van der Waals surface area contributed by atoms with Gasteiger partial charge in [0.05, 0.1) is 21.8 Å². The van der Waals surface area contributed by atoms with Gasteiger partial charge >= 0.3 is 0 Å². The van der Waals surface area contributed by atoms with Crippen LogP contribution in [0.25, 0.3) is 0 Å². The van der Waals surface area contributed by atoms with Gasteiger partial charge in [0.25, 0.3) is 0 Å². The number of rotatable bonds is 3. The average molecular weight is 298 g/mol. The van der Waals surface area contributed by atoms with Gasteiger partial charge in [0, 0.05) is 12.3 Å². The van der Waals surface area contributed by atoms with E-state index >= 15 is 0 Å². The van der Waals surface area contributed by atoms with Crippen LogP contribution >= 0.6 is 23.2 Å². The van der Waals surface area contributed by atoms with E-state index in [2.05, 4.69) is 10.1 Å². The molecule has 0 radical (unpaired) electrons. The van der Waals surface area contributed by atoms with E-state index < -0.39 is 0 Å². The fraction of sp³-hybridized carbons (Fsp3) is 0. The van der Waals surface area contributed by atoms with E-state index in [9.17, 15) is 0 Å². The van der Waals surface area contributed by atoms with Gasteiger partial charge in [-0.25, -0.2) is 0 Å². The molecule has 0 bridgehead atoms. The monoisotopic (exact) mass is 297 g/mol. The number of hydrogen-bond donors (Lipinski definition) is 2. The van der Waals surface area contributed by atoms with Crippen LogP contribution in [0.1, 0.15) is 5.56 Å². The van der Waals surface area contributed by atoms with Gasteiger partial charge in [0.2, 0.25) is 0 Å². The van der Waals surface area contributed by atoms with Crippen LogP contribution in [0.15, 0.2) is 41.8 Å². The van der Waals surface area contributed by atoms with Crippen molar-refractivity contribution in [2.45, 2.75) is 0 Å². The lowest BCUT2D eigenvalue weighted by Crippen LogP contribution is -2.14. The van der Waals surface area contributed by atoms with E-state index in [1.807, 2.05) is 0 Å². The first-order chi connectivity index (χ1) is 9.11. The Morgan fingerprint density at radius 1 is 1.26 bits per heavy atom. The van der Waals surface area contributed by atoms with Crippen molar-refractivity contribution in [1.29, 1.82) is 0 Å². The summed E-state index contributed by atoms with van der Waals surface area (Å²) in [6, 6.07) is 6.39. The molecule has 0 spiro atoms. The average Bonchev–Trinajstić information content (AvgIpc) is 2.43. The minimum Gasteiger partial charge on any atom is -0.455 e. The fourth-order valence-electron chi connectivity index (χ4n) is 1.39. The van der Waals surface area contributed by atoms with Gasteiger partial charge < -0.3 is 15.7 Å². The highest BCUT2D eigenvalue weighted by atomic mass is 35.5. The summed E-state index contributed by atoms with van der Waals surface area (Å²) in [6.07, 6.45) is 2.96. The largest absolute Gasteiger partial charge is 0.455 e. The summed E-state index contributed by atoms with van der Waals surface area (Å²) >= 11 is 11.7. The second-order valence-corrected chi connectivity index (χ2v) is 4.35. The van der Waals surface area contributed by atoms with Crippen LogP contribution in [-0.4, -0.2) is 16.0 Å². The van der Waals surface area contributed by atoms with Crippen LogP contribution in [0.2, 0.25) is 10.0 Å². The smallest absolute Gasteiger partial charge is 0.173 e. The summed E-state index contributed by atoms with van der Waals surface area (Å²) < 4.78 is 5.59. The molecule has 0 saturated heterocycles. The molecule has 19 heavy (non-hydrogen) atoms. The van der Waals surface area contributed by atoms with Crippen LogP contribution in [0.4, 0.5) is 0 Å². The van der Waals surface area contributed by atoms with Gasteiger partial charge in [-0.05, 0) is 18.2 Å². The van der Waals surface area contributed by atoms with Gasteiger partial charge in [-0.1, -0.05) is 28.4 Å². The maximum Gasteiger partial charge on any atom is 0.173 e. The zero-order chi connectivity index (χ0) is 13.8. The standard InChI is InChI=1S/C12H9Cl2N3O2/c13-9-2-1-7(5-10(9)14)19-11-6-16-4-3-8(11)12(15)17-18/h1-6,18H,(H2,15,17). The third-order valence-corrected chi connectivity index (χ3v) is 3.03. The Hall–Kier alpha value is -1.98. The zero-order valence-electron chi connectivity index (χ0n) is 9.55. The Balaban J connectivity index is 2.35. The van der Waals surface area contributed by atoms with Crippen LogP contribution in [0.5, 0.6) is 11.5 Å². The number of nitrogens with two attached hydrogens (primary N) is 1. The van der Waals surface area contributed by atoms with Crippen molar-refractivity contribution in [3.8, 4) is 11.5 Å². The van der Waals surface area contributed by atoms with Gasteiger partial charge in [-0.2, -0.15) is 0 Å². The number of nitrogens with zero attached hydrogens (tertiary/aromatic N) is 2. The molecule has 1 aromatic heterocycles. The van der Waals surface area contributed by atoms with Crippen molar-refractivity contribution in [3.05, 3.63) is 52.3 Å². The van der Waals surface area contributed by atoms with E-state index in [4.69, 9.17) is 38.9 Å². The maximum atomic E-state index is 8.71. The molecular weight excluding hydrogens is 289 g/mol. The number of pyridine rings is 1. The number of halogens is 2. The van der Waals surface area contributed by atoms with Gasteiger partial charge in [-0.15, -0.1) is 0 Å². The predicted octanol–water partition coefficient (Wildman–Crippen LogP) is 3.28. The van der Waals surface area contributed by atoms with E-state index in [0.717, 1.165) is 0 Å². The number of amidine groups is 1. The molecule has 0 aliphatic carbocycles. The fourth-order valence-corrected chi connectivity index (χ4v) is 1.68. The van der Waals surface area contributed by atoms with Gasteiger partial charge in [-0.3, -0.25) is 4.98 Å². The van der Waals surface area contributed by atoms with Crippen molar-refractivity contribution in [3.63, 3.8) is 0 Å². The lowest BCUT2D eigenvalue weighted by Gasteiger charge is -2.10. The van der Waals surface area contributed by atoms with E-state index in [1.165, 1.54) is 12.4 Å². The molecule has 0 atom stereocenters. The minimum absolute atomic E-state index is 0.0718. The first kappa shape index (κ1) is 13.5. The lowest BCUT2D eigenvalue weighted by atomic mass is 10.2. The predicted molar refractivity (Wildman–Crippen MR) is 73.3 cm³/mol. The molecule has 5 nitrogen and oxygen atoms in total. The van der Waals surface area contributed by atoms with Crippen molar-refractivity contribution in [1.82, 2.24) is 4.98 Å². The molecule has 0 amide bonds. The summed E-state index contributed by atoms with van der Waals surface area (Å²) in [5, 5.41) is 12.4. The number of ether oxygens (including phenoxy) is 1. The minimum atomic E-state index is -0.0718. The van der Waals surface area contributed by atoms with Crippen molar-refractivity contribution >= 4 is 29.0 Å². The number of benzene rings is 1. The molecule has 0 fully saturated rings. The molecule has 0 aliphatic rings. The molecule has 0 saturated carbocycles. The maximum absolute atomic E-state index is 8.71. The van der Waals surface area contributed by atoms with Crippen LogP contribution in [0.3, 0.4) is 0 Å². The Labute approximate surface area is 119 Å². The molecule has 1 aromatic carbocycles. The Kier molecular flexibility index (Phi) is 4.09. The molecule has 3 N–H and O–H groups in total. The molecule has 98 valence electrons. The molecule has 0 unspecified atom stereocenters. The molecule has 1 heterocycles. The number of hydrogen-bond acceptors (Lipinski definition) is 4. The molecule has 7 heteroatoms. The second kappa shape index (κ2) is 5.77. The summed E-state index contributed by atoms with van der Waals surface area (Å²) in [6.45, 7) is 0. The zero-order valence-corrected chi connectivity index (χ0v) is 11.1. The van der Waals surface area contributed by atoms with E-state index in [1.54, 1.807) is 24.3 Å². The summed E-state index contributed by atoms with van der Waals surface area (Å²) in [7, 11) is 0. The highest BCUT2D eigenvalue weighted by molar-refractivity contribution is 6.42. The highest BCUT2D eigenvalue weighted by Crippen LogP contribution is 2.30. The number of oxime groups is 1. The molecule has 0 aliphatic heterocycles. The van der Waals surface area contributed by atoms with E-state index in [0.29, 0.717) is 27.1 Å². The molecule has 2 aromatic rings. The Morgan fingerprint density at radius 2 is 2.05 bits per heavy atom. The molecule has 2 rings (SSSR count). The van der Waals surface area contributed by atoms with Crippen molar-refractivity contribution < 1.29 is 9.94 Å². The van der Waals surface area contributed by atoms with E-state index in [-0.39, 0.29) is 5.84 Å². The summed E-state index contributed by atoms with van der Waals surface area (Å²) in [5.41, 5.74) is 5.97. The van der Waals surface area contributed by atoms with Crippen molar-refractivity contribution in [2.75, 3.05) is 0 Å². The second-order valence-electron chi connectivity index (χ2n) is 3.54. The third-order valence-electron chi connectivity index (χ3n) is 2.29. The summed E-state index contributed by atoms with van der Waals surface area (Å²) in [5.74, 6) is 0.739. The topological polar surface area (TPSA) is 80.7 Å². The van der Waals surface area contributed by atoms with Crippen LogP contribution in [-0.2, 0) is 0 Å². The van der Waals surface area contributed by atoms with Crippen LogP contribution in [0, 0.1) is 0 Å². The molecular formula is C12H9Cl2N3O2. The lowest BCUT2D eigenvalue weighted by molar-refractivity contribution is 0.318. The van der Waals surface area contributed by atoms with Gasteiger partial charge in [0.15, 0.2) is 11.6 Å². The number of aromatic nitrogens is 1. The van der Waals surface area contributed by atoms with Gasteiger partial charge in [0.1, 0.15) is 5.75 Å². The van der Waals surface area contributed by atoms with Crippen molar-refractivity contribution in [2.24, 2.45) is 10.9 Å². The SMILES string of the molecule is N/C(=N/O)c1ccncc1Oc1ccc(Cl)c(Cl)c1. The first-order valence-corrected chi connectivity index (χ1v) is 5.92. The Bertz CT molecular complexity index is 632. The first-order valence-electron chi connectivity index (χ1n) is 5.16. The normalized spacial score (nSPS) is 11.4. The third kappa shape index (κ3) is 3.07. The Morgan fingerprint density at radius 3 is 2.74 bits per heavy atom. The highest BCUT2D eigenvalue weighted by Gasteiger charge is 2.10. The quantitative estimate of drug-likeness (QED) is 0.394. The van der Waals surface area contributed by atoms with Crippen LogP contribution < -0.4 is 10.5 Å². The summed E-state index contributed by atoms with van der Waals surface area (Å²) in [4.78, 5) is 3.92.